The normalized spacial score (nSPS) is 11.8. The van der Waals surface area contributed by atoms with Gasteiger partial charge in [-0.05, 0) is 108 Å². The molecule has 0 amide bonds. The Morgan fingerprint density at radius 2 is 1.13 bits per heavy atom. The maximum atomic E-state index is 4.96. The molecule has 8 aromatic carbocycles. The second-order valence-corrected chi connectivity index (χ2v) is 15.5. The van der Waals surface area contributed by atoms with Crippen LogP contribution in [-0.2, 0) is 0 Å². The molecule has 11 rings (SSSR count). The maximum absolute atomic E-state index is 4.96. The molecule has 0 saturated heterocycles. The summed E-state index contributed by atoms with van der Waals surface area (Å²) in [5, 5.41) is 6.11. The Hall–Kier alpha value is -6.75. The van der Waals surface area contributed by atoms with Gasteiger partial charge in [-0.1, -0.05) is 115 Å². The first kappa shape index (κ1) is 31.7. The van der Waals surface area contributed by atoms with Crippen LogP contribution < -0.4 is 0 Å². The standard InChI is InChI=1S/C51H35N3S/c1-32-14-9-10-21-39(32)40-25-27-46-50(33(40)2)43-30-42-41-22-11-12-23-45(41)54(47(42)31-48(43)53(46)37-18-7-4-8-19-37)38-20-13-17-35(28-38)36-24-26-44-49(29-36)55-51(52-44)34-15-5-3-6-16-34/h3-31H,1-2H3. The molecule has 11 aromatic rings. The fourth-order valence-electron chi connectivity index (χ4n) is 8.68. The van der Waals surface area contributed by atoms with E-state index in [9.17, 15) is 0 Å². The van der Waals surface area contributed by atoms with Gasteiger partial charge in [-0.25, -0.2) is 4.98 Å². The molecule has 0 spiro atoms. The molecule has 0 fully saturated rings. The number of hydrogen-bond acceptors (Lipinski definition) is 2. The zero-order valence-electron chi connectivity index (χ0n) is 30.5. The lowest BCUT2D eigenvalue weighted by Crippen LogP contribution is -1.96. The summed E-state index contributed by atoms with van der Waals surface area (Å²) in [5.74, 6) is 0. The van der Waals surface area contributed by atoms with Gasteiger partial charge in [-0.2, -0.15) is 0 Å². The van der Waals surface area contributed by atoms with E-state index in [1.807, 2.05) is 6.07 Å². The highest BCUT2D eigenvalue weighted by Gasteiger charge is 2.21. The number of aryl methyl sites for hydroxylation is 2. The maximum Gasteiger partial charge on any atom is 0.124 e. The summed E-state index contributed by atoms with van der Waals surface area (Å²) < 4.78 is 6.09. The van der Waals surface area contributed by atoms with Crippen molar-refractivity contribution in [2.75, 3.05) is 0 Å². The van der Waals surface area contributed by atoms with Crippen molar-refractivity contribution in [3.8, 4) is 44.2 Å². The number of fused-ring (bicyclic) bond motifs is 7. The van der Waals surface area contributed by atoms with Crippen molar-refractivity contribution in [3.05, 3.63) is 187 Å². The average molecular weight is 722 g/mol. The molecular formula is C51H35N3S. The molecule has 55 heavy (non-hydrogen) atoms. The fraction of sp³-hybridized carbons (Fsp3) is 0.0392. The Balaban J connectivity index is 1.14. The number of rotatable bonds is 5. The van der Waals surface area contributed by atoms with E-state index in [2.05, 4.69) is 193 Å². The highest BCUT2D eigenvalue weighted by Crippen LogP contribution is 2.43. The Morgan fingerprint density at radius 1 is 0.436 bits per heavy atom. The van der Waals surface area contributed by atoms with Gasteiger partial charge in [0, 0.05) is 38.5 Å². The minimum Gasteiger partial charge on any atom is -0.309 e. The Bertz CT molecular complexity index is 3270. The molecule has 0 aliphatic rings. The Kier molecular flexibility index (Phi) is 7.16. The second-order valence-electron chi connectivity index (χ2n) is 14.5. The van der Waals surface area contributed by atoms with Crippen LogP contribution in [0.3, 0.4) is 0 Å². The van der Waals surface area contributed by atoms with E-state index in [0.29, 0.717) is 0 Å². The highest BCUT2D eigenvalue weighted by molar-refractivity contribution is 7.21. The minimum atomic E-state index is 1.03. The van der Waals surface area contributed by atoms with Crippen LogP contribution in [0.2, 0.25) is 0 Å². The second kappa shape index (κ2) is 12.4. The predicted molar refractivity (Wildman–Crippen MR) is 234 cm³/mol. The van der Waals surface area contributed by atoms with E-state index in [4.69, 9.17) is 4.98 Å². The third-order valence-corrected chi connectivity index (χ3v) is 12.3. The van der Waals surface area contributed by atoms with E-state index in [1.165, 1.54) is 81.7 Å². The first-order chi connectivity index (χ1) is 27.1. The summed E-state index contributed by atoms with van der Waals surface area (Å²) in [6, 6.07) is 64.0. The van der Waals surface area contributed by atoms with E-state index in [-0.39, 0.29) is 0 Å². The quantitative estimate of drug-likeness (QED) is 0.173. The van der Waals surface area contributed by atoms with Gasteiger partial charge in [0.25, 0.3) is 0 Å². The van der Waals surface area contributed by atoms with Crippen LogP contribution in [0.4, 0.5) is 0 Å². The number of nitrogens with zero attached hydrogens (tertiary/aromatic N) is 3. The third kappa shape index (κ3) is 4.99. The lowest BCUT2D eigenvalue weighted by molar-refractivity contribution is 1.16. The lowest BCUT2D eigenvalue weighted by atomic mass is 9.93. The summed E-state index contributed by atoms with van der Waals surface area (Å²) in [5.41, 5.74) is 16.8. The number of para-hydroxylation sites is 2. The van der Waals surface area contributed by atoms with E-state index >= 15 is 0 Å². The van der Waals surface area contributed by atoms with Crippen LogP contribution >= 0.6 is 11.3 Å². The number of benzene rings is 8. The van der Waals surface area contributed by atoms with E-state index in [0.717, 1.165) is 27.5 Å². The van der Waals surface area contributed by atoms with Gasteiger partial charge in [-0.3, -0.25) is 0 Å². The van der Waals surface area contributed by atoms with Crippen molar-refractivity contribution in [1.29, 1.82) is 0 Å². The van der Waals surface area contributed by atoms with Crippen LogP contribution in [0.15, 0.2) is 176 Å². The van der Waals surface area contributed by atoms with Crippen LogP contribution in [0, 0.1) is 13.8 Å². The van der Waals surface area contributed by atoms with Crippen molar-refractivity contribution in [1.82, 2.24) is 14.1 Å². The SMILES string of the molecule is Cc1ccccc1-c1ccc2c(c1C)c1cc3c4ccccc4n(-c4cccc(-c5ccc6nc(-c7ccccc7)sc6c5)c4)c3cc1n2-c1ccccc1. The molecule has 3 heterocycles. The Morgan fingerprint density at radius 3 is 1.98 bits per heavy atom. The molecule has 0 unspecified atom stereocenters. The summed E-state index contributed by atoms with van der Waals surface area (Å²) in [6.07, 6.45) is 0. The van der Waals surface area contributed by atoms with Gasteiger partial charge < -0.3 is 9.13 Å². The molecule has 260 valence electrons. The first-order valence-corrected chi connectivity index (χ1v) is 19.6. The molecule has 0 aliphatic carbocycles. The van der Waals surface area contributed by atoms with Crippen molar-refractivity contribution >= 4 is 65.2 Å². The van der Waals surface area contributed by atoms with Crippen molar-refractivity contribution in [3.63, 3.8) is 0 Å². The topological polar surface area (TPSA) is 22.8 Å². The van der Waals surface area contributed by atoms with Crippen molar-refractivity contribution in [2.24, 2.45) is 0 Å². The van der Waals surface area contributed by atoms with Gasteiger partial charge in [0.15, 0.2) is 0 Å². The molecule has 4 heteroatoms. The first-order valence-electron chi connectivity index (χ1n) is 18.8. The van der Waals surface area contributed by atoms with Gasteiger partial charge in [0.2, 0.25) is 0 Å². The molecule has 0 atom stereocenters. The largest absolute Gasteiger partial charge is 0.309 e. The van der Waals surface area contributed by atoms with Crippen LogP contribution in [0.5, 0.6) is 0 Å². The zero-order chi connectivity index (χ0) is 36.6. The van der Waals surface area contributed by atoms with Gasteiger partial charge >= 0.3 is 0 Å². The number of thiazole rings is 1. The van der Waals surface area contributed by atoms with Crippen molar-refractivity contribution in [2.45, 2.75) is 13.8 Å². The average Bonchev–Trinajstić information content (AvgIpc) is 3.91. The van der Waals surface area contributed by atoms with Gasteiger partial charge in [0.1, 0.15) is 5.01 Å². The highest BCUT2D eigenvalue weighted by atomic mass is 32.1. The van der Waals surface area contributed by atoms with Crippen LogP contribution in [0.1, 0.15) is 11.1 Å². The molecule has 0 aliphatic heterocycles. The monoisotopic (exact) mass is 721 g/mol. The van der Waals surface area contributed by atoms with E-state index in [1.54, 1.807) is 11.3 Å². The molecule has 0 bridgehead atoms. The molecule has 0 radical (unpaired) electrons. The van der Waals surface area contributed by atoms with Gasteiger partial charge in [0.05, 0.1) is 32.3 Å². The lowest BCUT2D eigenvalue weighted by Gasteiger charge is -2.12. The molecule has 0 saturated carbocycles. The zero-order valence-corrected chi connectivity index (χ0v) is 31.3. The van der Waals surface area contributed by atoms with Crippen LogP contribution in [-0.4, -0.2) is 14.1 Å². The van der Waals surface area contributed by atoms with Gasteiger partial charge in [-0.15, -0.1) is 11.3 Å². The third-order valence-electron chi connectivity index (χ3n) is 11.3. The fourth-order valence-corrected chi connectivity index (χ4v) is 9.69. The summed E-state index contributed by atoms with van der Waals surface area (Å²) in [4.78, 5) is 4.96. The summed E-state index contributed by atoms with van der Waals surface area (Å²) >= 11 is 1.75. The molecule has 0 N–H and O–H groups in total. The number of hydrogen-bond donors (Lipinski definition) is 0. The summed E-state index contributed by atoms with van der Waals surface area (Å²) in [7, 11) is 0. The number of aromatic nitrogens is 3. The Labute approximate surface area is 323 Å². The van der Waals surface area contributed by atoms with Crippen molar-refractivity contribution < 1.29 is 0 Å². The molecule has 3 aromatic heterocycles. The smallest absolute Gasteiger partial charge is 0.124 e. The van der Waals surface area contributed by atoms with Crippen LogP contribution in [0.25, 0.3) is 98.0 Å². The van der Waals surface area contributed by atoms with E-state index < -0.39 is 0 Å². The summed E-state index contributed by atoms with van der Waals surface area (Å²) in [6.45, 7) is 4.50. The molecule has 3 nitrogen and oxygen atoms in total. The predicted octanol–water partition coefficient (Wildman–Crippen LogP) is 14.1. The minimum absolute atomic E-state index is 1.03. The molecular weight excluding hydrogens is 687 g/mol.